The zero-order chi connectivity index (χ0) is 12.4. The Kier molecular flexibility index (Phi) is 8.55. The van der Waals surface area contributed by atoms with Gasteiger partial charge >= 0.3 is 0 Å². The fourth-order valence-electron chi connectivity index (χ4n) is 1.32. The molecular formula is C15H24O. The predicted molar refractivity (Wildman–Crippen MR) is 72.4 cm³/mol. The van der Waals surface area contributed by atoms with E-state index in [0.29, 0.717) is 0 Å². The van der Waals surface area contributed by atoms with Crippen molar-refractivity contribution >= 4 is 0 Å². The lowest BCUT2D eigenvalue weighted by Crippen LogP contribution is -1.84. The van der Waals surface area contributed by atoms with Crippen LogP contribution in [0.4, 0.5) is 0 Å². The van der Waals surface area contributed by atoms with Crippen molar-refractivity contribution in [1.29, 1.82) is 0 Å². The molecule has 0 aromatic rings. The maximum Gasteiger partial charge on any atom is 0.0639 e. The summed E-state index contributed by atoms with van der Waals surface area (Å²) < 4.78 is 0. The number of allylic oxidation sites excluding steroid dienone is 5. The van der Waals surface area contributed by atoms with Crippen molar-refractivity contribution in [3.8, 4) is 0 Å². The molecule has 90 valence electrons. The molecule has 1 heteroatoms. The topological polar surface area (TPSA) is 20.2 Å². The van der Waals surface area contributed by atoms with Gasteiger partial charge in [0, 0.05) is 0 Å². The van der Waals surface area contributed by atoms with E-state index < -0.39 is 0 Å². The highest BCUT2D eigenvalue weighted by atomic mass is 16.3. The molecule has 0 rings (SSSR count). The van der Waals surface area contributed by atoms with Crippen molar-refractivity contribution in [1.82, 2.24) is 0 Å². The molecule has 0 aliphatic carbocycles. The van der Waals surface area contributed by atoms with Crippen molar-refractivity contribution in [3.63, 3.8) is 0 Å². The molecule has 1 nitrogen and oxygen atoms in total. The van der Waals surface area contributed by atoms with E-state index in [2.05, 4.69) is 32.2 Å². The summed E-state index contributed by atoms with van der Waals surface area (Å²) in [5, 5.41) is 8.83. The first-order valence-electron chi connectivity index (χ1n) is 5.82. The van der Waals surface area contributed by atoms with Gasteiger partial charge < -0.3 is 5.11 Å². The zero-order valence-electron chi connectivity index (χ0n) is 10.6. The number of aliphatic hydroxyl groups excluding tert-OH is 1. The predicted octanol–water partition coefficient (Wildman–Crippen LogP) is 4.17. The fraction of sp³-hybridized carbons (Fsp3) is 0.467. The van der Waals surface area contributed by atoms with Gasteiger partial charge in [-0.3, -0.25) is 0 Å². The summed E-state index contributed by atoms with van der Waals surface area (Å²) in [4.78, 5) is 0. The van der Waals surface area contributed by atoms with Crippen LogP contribution in [0.5, 0.6) is 0 Å². The van der Waals surface area contributed by atoms with Crippen molar-refractivity contribution in [2.45, 2.75) is 39.5 Å². The number of rotatable bonds is 8. The first-order chi connectivity index (χ1) is 7.60. The van der Waals surface area contributed by atoms with Gasteiger partial charge in [0.2, 0.25) is 0 Å². The summed E-state index contributed by atoms with van der Waals surface area (Å²) in [5.74, 6) is 0. The third-order valence-electron chi connectivity index (χ3n) is 2.53. The Balaban J connectivity index is 3.79. The van der Waals surface area contributed by atoms with Crippen LogP contribution in [0.3, 0.4) is 0 Å². The van der Waals surface area contributed by atoms with Gasteiger partial charge in [-0.25, -0.2) is 0 Å². The fourth-order valence-corrected chi connectivity index (χ4v) is 1.32. The molecule has 0 aromatic carbocycles. The van der Waals surface area contributed by atoms with E-state index in [9.17, 15) is 0 Å². The quantitative estimate of drug-likeness (QED) is 0.481. The van der Waals surface area contributed by atoms with Crippen LogP contribution in [0, 0.1) is 0 Å². The first-order valence-corrected chi connectivity index (χ1v) is 5.82. The molecule has 0 aliphatic rings. The monoisotopic (exact) mass is 220 g/mol. The second-order valence-corrected chi connectivity index (χ2v) is 4.20. The molecule has 0 heterocycles. The van der Waals surface area contributed by atoms with Crippen LogP contribution < -0.4 is 0 Å². The van der Waals surface area contributed by atoms with Crippen LogP contribution in [0.2, 0.25) is 0 Å². The Bertz CT molecular complexity index is 282. The van der Waals surface area contributed by atoms with Gasteiger partial charge in [-0.1, -0.05) is 48.1 Å². The molecule has 0 saturated heterocycles. The molecule has 0 aliphatic heterocycles. The van der Waals surface area contributed by atoms with Gasteiger partial charge in [0.25, 0.3) is 0 Å². The lowest BCUT2D eigenvalue weighted by Gasteiger charge is -2.00. The number of hydrogen-bond donors (Lipinski definition) is 1. The van der Waals surface area contributed by atoms with Gasteiger partial charge in [-0.05, 0) is 39.5 Å². The van der Waals surface area contributed by atoms with Crippen LogP contribution in [0.1, 0.15) is 39.5 Å². The van der Waals surface area contributed by atoms with Crippen LogP contribution in [0.15, 0.2) is 48.1 Å². The van der Waals surface area contributed by atoms with Gasteiger partial charge in [-0.2, -0.15) is 0 Å². The summed E-state index contributed by atoms with van der Waals surface area (Å²) >= 11 is 0. The molecule has 0 spiro atoms. The van der Waals surface area contributed by atoms with E-state index in [1.165, 1.54) is 5.57 Å². The molecule has 0 radical (unpaired) electrons. The van der Waals surface area contributed by atoms with Gasteiger partial charge in [-0.15, -0.1) is 0 Å². The largest absolute Gasteiger partial charge is 0.392 e. The third kappa shape index (κ3) is 8.25. The molecule has 0 atom stereocenters. The highest BCUT2D eigenvalue weighted by molar-refractivity contribution is 5.12. The molecule has 0 aromatic heterocycles. The minimum Gasteiger partial charge on any atom is -0.392 e. The average molecular weight is 220 g/mol. The summed E-state index contributed by atoms with van der Waals surface area (Å²) in [7, 11) is 0. The lowest BCUT2D eigenvalue weighted by molar-refractivity contribution is 0.331. The second kappa shape index (κ2) is 9.17. The van der Waals surface area contributed by atoms with E-state index in [1.54, 1.807) is 0 Å². The summed E-state index contributed by atoms with van der Waals surface area (Å²) in [6, 6.07) is 0. The minimum atomic E-state index is 0.169. The van der Waals surface area contributed by atoms with E-state index in [4.69, 9.17) is 5.11 Å². The van der Waals surface area contributed by atoms with Crippen LogP contribution >= 0.6 is 0 Å². The number of hydrogen-bond acceptors (Lipinski definition) is 1. The zero-order valence-corrected chi connectivity index (χ0v) is 10.6. The molecule has 1 N–H and O–H groups in total. The van der Waals surface area contributed by atoms with Gasteiger partial charge in [0.1, 0.15) is 0 Å². The molecule has 0 saturated carbocycles. The smallest absolute Gasteiger partial charge is 0.0639 e. The van der Waals surface area contributed by atoms with Crippen molar-refractivity contribution in [3.05, 3.63) is 48.1 Å². The van der Waals surface area contributed by atoms with Crippen molar-refractivity contribution in [2.75, 3.05) is 6.61 Å². The van der Waals surface area contributed by atoms with E-state index in [0.717, 1.165) is 36.8 Å². The third-order valence-corrected chi connectivity index (χ3v) is 2.53. The number of aliphatic hydroxyl groups is 1. The Hall–Kier alpha value is -1.08. The van der Waals surface area contributed by atoms with E-state index in [-0.39, 0.29) is 6.61 Å². The van der Waals surface area contributed by atoms with Crippen molar-refractivity contribution in [2.24, 2.45) is 0 Å². The summed E-state index contributed by atoms with van der Waals surface area (Å²) in [6.45, 7) is 11.8. The Morgan fingerprint density at radius 3 is 2.19 bits per heavy atom. The molecule has 0 unspecified atom stereocenters. The summed E-state index contributed by atoms with van der Waals surface area (Å²) in [5.41, 5.74) is 3.55. The maximum atomic E-state index is 8.83. The molecular weight excluding hydrogens is 196 g/mol. The van der Waals surface area contributed by atoms with Crippen molar-refractivity contribution < 1.29 is 5.11 Å². The first kappa shape index (κ1) is 14.9. The standard InChI is InChI=1S/C15H24O/c1-5-13(2)8-6-9-14(3)10-7-11-15(4)12-16/h5,9,11,16H,1-2,6-8,10,12H2,3-4H3/b14-9+,15-11-. The van der Waals surface area contributed by atoms with E-state index in [1.807, 2.05) is 13.0 Å². The SMILES string of the molecule is C=CC(=C)CC/C=C(\C)CC/C=C(/C)CO. The maximum absolute atomic E-state index is 8.83. The van der Waals surface area contributed by atoms with E-state index >= 15 is 0 Å². The van der Waals surface area contributed by atoms with Crippen LogP contribution in [-0.2, 0) is 0 Å². The summed E-state index contributed by atoms with van der Waals surface area (Å²) in [6.07, 6.45) is 10.3. The minimum absolute atomic E-state index is 0.169. The molecule has 0 amide bonds. The van der Waals surface area contributed by atoms with Gasteiger partial charge in [0.05, 0.1) is 6.61 Å². The molecule has 0 bridgehead atoms. The molecule has 16 heavy (non-hydrogen) atoms. The Morgan fingerprint density at radius 2 is 1.62 bits per heavy atom. The Morgan fingerprint density at radius 1 is 1.06 bits per heavy atom. The van der Waals surface area contributed by atoms with Crippen LogP contribution in [0.25, 0.3) is 0 Å². The highest BCUT2D eigenvalue weighted by Crippen LogP contribution is 2.10. The Labute approximate surface area is 99.9 Å². The second-order valence-electron chi connectivity index (χ2n) is 4.20. The van der Waals surface area contributed by atoms with Gasteiger partial charge in [0.15, 0.2) is 0 Å². The highest BCUT2D eigenvalue weighted by Gasteiger charge is 1.91. The van der Waals surface area contributed by atoms with Crippen LogP contribution in [-0.4, -0.2) is 11.7 Å². The lowest BCUT2D eigenvalue weighted by atomic mass is 10.1. The molecule has 0 fully saturated rings. The average Bonchev–Trinajstić information content (AvgIpc) is 2.28. The normalized spacial score (nSPS) is 12.7.